The molecule has 11 rings (SSSR count). The van der Waals surface area contributed by atoms with Crippen molar-refractivity contribution >= 4 is 54.3 Å². The summed E-state index contributed by atoms with van der Waals surface area (Å²) >= 11 is 0. The van der Waals surface area contributed by atoms with Gasteiger partial charge in [0.1, 0.15) is 17.0 Å². The molecule has 0 aliphatic carbocycles. The Kier molecular flexibility index (Phi) is 7.52. The Balaban J connectivity index is 1.02. The smallest absolute Gasteiger partial charge is 0.163 e. The van der Waals surface area contributed by atoms with Crippen molar-refractivity contribution in [2.45, 2.75) is 6.42 Å². The van der Waals surface area contributed by atoms with Crippen molar-refractivity contribution in [3.63, 3.8) is 0 Å². The zero-order valence-corrected chi connectivity index (χ0v) is 30.4. The van der Waals surface area contributed by atoms with Gasteiger partial charge in [-0.25, -0.2) is 15.0 Å². The van der Waals surface area contributed by atoms with E-state index < -0.39 is 0 Å². The molecule has 0 spiro atoms. The second kappa shape index (κ2) is 13.2. The fourth-order valence-corrected chi connectivity index (χ4v) is 8.13. The van der Waals surface area contributed by atoms with E-state index in [1.807, 2.05) is 6.07 Å². The lowest BCUT2D eigenvalue weighted by atomic mass is 9.97. The number of hydrogen-bond donors (Lipinski definition) is 0. The number of hydrogen-bond acceptors (Lipinski definition) is 4. The van der Waals surface area contributed by atoms with Crippen LogP contribution in [0.15, 0.2) is 192 Å². The first kappa shape index (κ1) is 32.0. The highest BCUT2D eigenvalue weighted by atomic mass is 16.3. The third-order valence-electron chi connectivity index (χ3n) is 10.9. The topological polar surface area (TPSA) is 51.8 Å². The normalized spacial score (nSPS) is 11.6. The third kappa shape index (κ3) is 5.67. The Labute approximate surface area is 323 Å². The van der Waals surface area contributed by atoms with E-state index in [-0.39, 0.29) is 0 Å². The van der Waals surface area contributed by atoms with Crippen molar-refractivity contribution in [1.82, 2.24) is 15.0 Å². The van der Waals surface area contributed by atoms with Gasteiger partial charge < -0.3 is 4.42 Å². The monoisotopic (exact) mass is 715 g/mol. The number of aromatic nitrogens is 3. The lowest BCUT2D eigenvalue weighted by Crippen LogP contribution is -2.04. The first-order valence-electron chi connectivity index (χ1n) is 19.0. The van der Waals surface area contributed by atoms with E-state index >= 15 is 0 Å². The van der Waals surface area contributed by atoms with Crippen molar-refractivity contribution in [3.8, 4) is 45.0 Å². The molecule has 0 saturated heterocycles. The molecular formula is C52H33N3O. The van der Waals surface area contributed by atoms with E-state index in [0.717, 1.165) is 55.1 Å². The Morgan fingerprint density at radius 1 is 0.357 bits per heavy atom. The summed E-state index contributed by atoms with van der Waals surface area (Å²) in [5.74, 6) is 1.99. The molecule has 0 unspecified atom stereocenters. The molecule has 4 heteroatoms. The second-order valence-electron chi connectivity index (χ2n) is 14.4. The Morgan fingerprint density at radius 3 is 1.71 bits per heavy atom. The van der Waals surface area contributed by atoms with Crippen LogP contribution in [0.1, 0.15) is 11.4 Å². The van der Waals surface area contributed by atoms with Gasteiger partial charge in [-0.05, 0) is 90.5 Å². The van der Waals surface area contributed by atoms with Gasteiger partial charge >= 0.3 is 0 Å². The van der Waals surface area contributed by atoms with E-state index in [1.54, 1.807) is 0 Å². The standard InChI is InChI=1S/C52H33N3O/c1-3-12-38-29-40(25-19-33(38)9-1)41-27-28-47-46(31-41)50-42(15-8-18-48(50)56-47)32-49-53-51(55-52(54-49)43-26-20-34-10-2-4-13-39(34)30-43)37-23-21-36(22-24-37)45-17-7-14-35-11-5-6-16-44(35)45/h1-31H,32H2. The van der Waals surface area contributed by atoms with Gasteiger partial charge in [0.25, 0.3) is 0 Å². The van der Waals surface area contributed by atoms with Gasteiger partial charge in [0, 0.05) is 28.3 Å². The van der Waals surface area contributed by atoms with Crippen LogP contribution in [0.25, 0.3) is 99.3 Å². The average Bonchev–Trinajstić information content (AvgIpc) is 3.65. The summed E-state index contributed by atoms with van der Waals surface area (Å²) in [6, 6.07) is 66.2. The van der Waals surface area contributed by atoms with Crippen LogP contribution >= 0.6 is 0 Å². The number of furan rings is 1. The maximum Gasteiger partial charge on any atom is 0.163 e. The molecule has 0 radical (unpaired) electrons. The molecule has 0 aliphatic rings. The molecule has 9 aromatic carbocycles. The summed E-state index contributed by atoms with van der Waals surface area (Å²) in [6.07, 6.45) is 0.510. The molecule has 2 heterocycles. The number of rotatable bonds is 6. The molecule has 0 N–H and O–H groups in total. The minimum absolute atomic E-state index is 0.510. The fourth-order valence-electron chi connectivity index (χ4n) is 8.13. The van der Waals surface area contributed by atoms with Crippen LogP contribution in [-0.4, -0.2) is 15.0 Å². The van der Waals surface area contributed by atoms with Crippen molar-refractivity contribution in [2.75, 3.05) is 0 Å². The predicted molar refractivity (Wildman–Crippen MR) is 231 cm³/mol. The zero-order chi connectivity index (χ0) is 37.0. The molecule has 2 aromatic heterocycles. The first-order valence-corrected chi connectivity index (χ1v) is 19.0. The van der Waals surface area contributed by atoms with Gasteiger partial charge in [0.15, 0.2) is 11.6 Å². The summed E-state index contributed by atoms with van der Waals surface area (Å²) in [5, 5.41) is 9.39. The van der Waals surface area contributed by atoms with Gasteiger partial charge in [0.05, 0.1) is 0 Å². The van der Waals surface area contributed by atoms with Crippen LogP contribution < -0.4 is 0 Å². The minimum atomic E-state index is 0.510. The highest BCUT2D eigenvalue weighted by Gasteiger charge is 2.17. The Bertz CT molecular complexity index is 3280. The SMILES string of the molecule is c1ccc2cc(-c3ccc4oc5cccc(Cc6nc(-c7ccc(-c8cccc9ccccc89)cc7)nc(-c7ccc8ccccc8c7)n6)c5c4c3)ccc2c1. The quantitative estimate of drug-likeness (QED) is 0.172. The average molecular weight is 716 g/mol. The number of nitrogens with zero attached hydrogens (tertiary/aromatic N) is 3. The van der Waals surface area contributed by atoms with Gasteiger partial charge in [0.2, 0.25) is 0 Å². The summed E-state index contributed by atoms with van der Waals surface area (Å²) < 4.78 is 6.44. The van der Waals surface area contributed by atoms with Crippen LogP contribution in [0.2, 0.25) is 0 Å². The minimum Gasteiger partial charge on any atom is -0.456 e. The largest absolute Gasteiger partial charge is 0.456 e. The Morgan fingerprint density at radius 2 is 0.929 bits per heavy atom. The Hall–Kier alpha value is -7.43. The van der Waals surface area contributed by atoms with Crippen molar-refractivity contribution in [2.24, 2.45) is 0 Å². The molecule has 0 amide bonds. The van der Waals surface area contributed by atoms with Crippen LogP contribution in [0, 0.1) is 0 Å². The van der Waals surface area contributed by atoms with Gasteiger partial charge in [-0.2, -0.15) is 0 Å². The van der Waals surface area contributed by atoms with E-state index in [9.17, 15) is 0 Å². The number of benzene rings is 9. The summed E-state index contributed by atoms with van der Waals surface area (Å²) in [6.45, 7) is 0. The fraction of sp³-hybridized carbons (Fsp3) is 0.0192. The van der Waals surface area contributed by atoms with Gasteiger partial charge in [-0.15, -0.1) is 0 Å². The highest BCUT2D eigenvalue weighted by molar-refractivity contribution is 6.08. The molecule has 0 aliphatic heterocycles. The first-order chi connectivity index (χ1) is 27.7. The molecule has 262 valence electrons. The number of fused-ring (bicyclic) bond motifs is 6. The van der Waals surface area contributed by atoms with E-state index in [4.69, 9.17) is 19.4 Å². The molecule has 0 saturated carbocycles. The summed E-state index contributed by atoms with van der Waals surface area (Å²) in [5.41, 5.74) is 9.37. The van der Waals surface area contributed by atoms with Crippen LogP contribution in [-0.2, 0) is 6.42 Å². The van der Waals surface area contributed by atoms with Gasteiger partial charge in [-0.3, -0.25) is 0 Å². The summed E-state index contributed by atoms with van der Waals surface area (Å²) in [7, 11) is 0. The molecule has 0 bridgehead atoms. The van der Waals surface area contributed by atoms with Crippen LogP contribution in [0.3, 0.4) is 0 Å². The van der Waals surface area contributed by atoms with Crippen LogP contribution in [0.5, 0.6) is 0 Å². The van der Waals surface area contributed by atoms with Gasteiger partial charge in [-0.1, -0.05) is 158 Å². The predicted octanol–water partition coefficient (Wildman–Crippen LogP) is 13.5. The molecule has 0 fully saturated rings. The van der Waals surface area contributed by atoms with Crippen molar-refractivity contribution in [3.05, 3.63) is 199 Å². The van der Waals surface area contributed by atoms with E-state index in [2.05, 4.69) is 182 Å². The zero-order valence-electron chi connectivity index (χ0n) is 30.4. The van der Waals surface area contributed by atoms with Crippen LogP contribution in [0.4, 0.5) is 0 Å². The maximum absolute atomic E-state index is 6.44. The van der Waals surface area contributed by atoms with Crippen molar-refractivity contribution in [1.29, 1.82) is 0 Å². The third-order valence-corrected chi connectivity index (χ3v) is 10.9. The molecule has 4 nitrogen and oxygen atoms in total. The summed E-state index contributed by atoms with van der Waals surface area (Å²) in [4.78, 5) is 15.4. The van der Waals surface area contributed by atoms with E-state index in [0.29, 0.717) is 23.9 Å². The highest BCUT2D eigenvalue weighted by Crippen LogP contribution is 2.37. The maximum atomic E-state index is 6.44. The lowest BCUT2D eigenvalue weighted by molar-refractivity contribution is 0.668. The molecule has 11 aromatic rings. The molecular weight excluding hydrogens is 683 g/mol. The lowest BCUT2D eigenvalue weighted by Gasteiger charge is -2.11. The van der Waals surface area contributed by atoms with E-state index in [1.165, 1.54) is 38.1 Å². The second-order valence-corrected chi connectivity index (χ2v) is 14.4. The van der Waals surface area contributed by atoms with Crippen molar-refractivity contribution < 1.29 is 4.42 Å². The molecule has 0 atom stereocenters. The molecule has 56 heavy (non-hydrogen) atoms.